The molecule has 0 aromatic heterocycles. The maximum Gasteiger partial charge on any atom is 0.317 e. The minimum atomic E-state index is -0.813. The molecule has 0 spiro atoms. The van der Waals surface area contributed by atoms with Gasteiger partial charge in [0.05, 0.1) is 6.54 Å². The third-order valence-electron chi connectivity index (χ3n) is 2.78. The summed E-state index contributed by atoms with van der Waals surface area (Å²) in [5, 5.41) is 8.96. The van der Waals surface area contributed by atoms with E-state index in [1.807, 2.05) is 29.2 Å². The molecule has 3 nitrogen and oxygen atoms in total. The minimum absolute atomic E-state index is 0.0284. The van der Waals surface area contributed by atoms with Crippen molar-refractivity contribution in [3.63, 3.8) is 0 Å². The minimum Gasteiger partial charge on any atom is -0.480 e. The molecule has 0 aliphatic rings. The highest BCUT2D eigenvalue weighted by Gasteiger charge is 2.19. The molecule has 1 N–H and O–H groups in total. The van der Waals surface area contributed by atoms with Crippen molar-refractivity contribution in [2.45, 2.75) is 19.4 Å². The third-order valence-corrected chi connectivity index (χ3v) is 3.31. The van der Waals surface area contributed by atoms with E-state index in [0.29, 0.717) is 6.54 Å². The molecule has 0 aliphatic carbocycles. The van der Waals surface area contributed by atoms with Crippen molar-refractivity contribution < 1.29 is 9.90 Å². The number of carboxylic acids is 1. The molecule has 1 aromatic rings. The van der Waals surface area contributed by atoms with Crippen molar-refractivity contribution in [2.24, 2.45) is 0 Å². The first-order valence-electron chi connectivity index (χ1n) is 5.90. The van der Waals surface area contributed by atoms with Crippen LogP contribution in [0.3, 0.4) is 0 Å². The van der Waals surface area contributed by atoms with Crippen molar-refractivity contribution >= 4 is 21.9 Å². The smallest absolute Gasteiger partial charge is 0.317 e. The molecule has 0 heterocycles. The number of nitrogens with zero attached hydrogens (tertiary/aromatic N) is 1. The molecular weight excluding hydrogens is 294 g/mol. The van der Waals surface area contributed by atoms with Gasteiger partial charge in [-0.15, -0.1) is 6.58 Å². The van der Waals surface area contributed by atoms with Crippen LogP contribution in [-0.4, -0.2) is 29.1 Å². The monoisotopic (exact) mass is 311 g/mol. The van der Waals surface area contributed by atoms with Crippen LogP contribution in [0.1, 0.15) is 24.9 Å². The van der Waals surface area contributed by atoms with Crippen LogP contribution in [0, 0.1) is 0 Å². The van der Waals surface area contributed by atoms with Gasteiger partial charge in [-0.2, -0.15) is 0 Å². The fourth-order valence-corrected chi connectivity index (χ4v) is 2.30. The molecule has 1 aromatic carbocycles. The Kier molecular flexibility index (Phi) is 6.09. The van der Waals surface area contributed by atoms with Gasteiger partial charge in [0.25, 0.3) is 0 Å². The Labute approximate surface area is 116 Å². The summed E-state index contributed by atoms with van der Waals surface area (Å²) in [7, 11) is 0. The zero-order valence-electron chi connectivity index (χ0n) is 10.5. The molecule has 0 fully saturated rings. The number of benzene rings is 1. The van der Waals surface area contributed by atoms with Crippen LogP contribution in [-0.2, 0) is 4.79 Å². The van der Waals surface area contributed by atoms with Crippen LogP contribution >= 0.6 is 15.9 Å². The van der Waals surface area contributed by atoms with Gasteiger partial charge in [0.1, 0.15) is 0 Å². The van der Waals surface area contributed by atoms with Crippen LogP contribution in [0.25, 0.3) is 0 Å². The molecule has 0 amide bonds. The van der Waals surface area contributed by atoms with E-state index in [0.717, 1.165) is 16.5 Å². The number of carbonyl (C=O) groups is 1. The molecule has 1 unspecified atom stereocenters. The van der Waals surface area contributed by atoms with Crippen molar-refractivity contribution in [1.29, 1.82) is 0 Å². The second-order valence-electron chi connectivity index (χ2n) is 4.09. The maximum atomic E-state index is 10.9. The van der Waals surface area contributed by atoms with Crippen LogP contribution in [0.2, 0.25) is 0 Å². The van der Waals surface area contributed by atoms with E-state index in [1.165, 1.54) is 0 Å². The maximum absolute atomic E-state index is 10.9. The van der Waals surface area contributed by atoms with Crippen molar-refractivity contribution in [1.82, 2.24) is 4.90 Å². The van der Waals surface area contributed by atoms with Gasteiger partial charge in [-0.05, 0) is 24.1 Å². The third kappa shape index (κ3) is 4.27. The molecule has 0 aliphatic heterocycles. The number of halogens is 1. The summed E-state index contributed by atoms with van der Waals surface area (Å²) in [5.74, 6) is -0.813. The molecule has 98 valence electrons. The van der Waals surface area contributed by atoms with E-state index in [-0.39, 0.29) is 12.6 Å². The molecule has 0 radical (unpaired) electrons. The summed E-state index contributed by atoms with van der Waals surface area (Å²) in [5.41, 5.74) is 1.13. The molecule has 0 saturated carbocycles. The molecule has 1 rings (SSSR count). The lowest BCUT2D eigenvalue weighted by atomic mass is 10.0. The second kappa shape index (κ2) is 7.34. The Bertz CT molecular complexity index is 403. The van der Waals surface area contributed by atoms with Gasteiger partial charge >= 0.3 is 5.97 Å². The molecule has 18 heavy (non-hydrogen) atoms. The van der Waals surface area contributed by atoms with Crippen LogP contribution in [0.5, 0.6) is 0 Å². The molecule has 0 bridgehead atoms. The van der Waals surface area contributed by atoms with Crippen LogP contribution in [0.4, 0.5) is 0 Å². The van der Waals surface area contributed by atoms with Gasteiger partial charge in [-0.25, -0.2) is 0 Å². The molecular formula is C14H18BrNO2. The highest BCUT2D eigenvalue weighted by molar-refractivity contribution is 9.10. The summed E-state index contributed by atoms with van der Waals surface area (Å²) >= 11 is 3.40. The summed E-state index contributed by atoms with van der Waals surface area (Å²) in [4.78, 5) is 12.8. The lowest BCUT2D eigenvalue weighted by Crippen LogP contribution is -2.33. The summed E-state index contributed by atoms with van der Waals surface area (Å²) in [6.07, 6.45) is 2.60. The zero-order chi connectivity index (χ0) is 13.5. The van der Waals surface area contributed by atoms with E-state index in [9.17, 15) is 4.79 Å². The van der Waals surface area contributed by atoms with E-state index in [4.69, 9.17) is 5.11 Å². The predicted molar refractivity (Wildman–Crippen MR) is 76.6 cm³/mol. The number of hydrogen-bond donors (Lipinski definition) is 1. The Morgan fingerprint density at radius 2 is 2.11 bits per heavy atom. The summed E-state index contributed by atoms with van der Waals surface area (Å²) < 4.78 is 1.02. The molecule has 1 atom stereocenters. The van der Waals surface area contributed by atoms with Gasteiger partial charge in [0, 0.05) is 17.1 Å². The molecule has 0 saturated heterocycles. The van der Waals surface area contributed by atoms with E-state index in [2.05, 4.69) is 29.4 Å². The van der Waals surface area contributed by atoms with Crippen LogP contribution in [0.15, 0.2) is 41.4 Å². The van der Waals surface area contributed by atoms with E-state index >= 15 is 0 Å². The Balaban J connectivity index is 2.93. The first-order valence-corrected chi connectivity index (χ1v) is 6.70. The van der Waals surface area contributed by atoms with E-state index < -0.39 is 5.97 Å². The quantitative estimate of drug-likeness (QED) is 0.784. The van der Waals surface area contributed by atoms with Gasteiger partial charge in [-0.1, -0.05) is 41.1 Å². The van der Waals surface area contributed by atoms with E-state index in [1.54, 1.807) is 6.08 Å². The number of hydrogen-bond acceptors (Lipinski definition) is 2. The Morgan fingerprint density at radius 1 is 1.50 bits per heavy atom. The SMILES string of the molecule is C=CCN(CC(=O)O)C(CC)c1ccc(Br)cc1. The number of carboxylic acid groups (broad SMARTS) is 1. The molecule has 4 heteroatoms. The number of aliphatic carboxylic acids is 1. The van der Waals surface area contributed by atoms with Gasteiger partial charge < -0.3 is 5.11 Å². The highest BCUT2D eigenvalue weighted by atomic mass is 79.9. The lowest BCUT2D eigenvalue weighted by molar-refractivity contribution is -0.138. The van der Waals surface area contributed by atoms with Crippen molar-refractivity contribution in [3.8, 4) is 0 Å². The average molecular weight is 312 g/mol. The fourth-order valence-electron chi connectivity index (χ4n) is 2.03. The summed E-state index contributed by atoms with van der Waals surface area (Å²) in [6.45, 7) is 6.35. The Morgan fingerprint density at radius 3 is 2.56 bits per heavy atom. The van der Waals surface area contributed by atoms with Crippen molar-refractivity contribution in [2.75, 3.05) is 13.1 Å². The second-order valence-corrected chi connectivity index (χ2v) is 5.00. The average Bonchev–Trinajstić information content (AvgIpc) is 2.32. The zero-order valence-corrected chi connectivity index (χ0v) is 12.1. The van der Waals surface area contributed by atoms with Gasteiger partial charge in [0.2, 0.25) is 0 Å². The topological polar surface area (TPSA) is 40.5 Å². The normalized spacial score (nSPS) is 12.4. The predicted octanol–water partition coefficient (Wildman–Crippen LogP) is 3.47. The van der Waals surface area contributed by atoms with Crippen LogP contribution < -0.4 is 0 Å². The Hall–Kier alpha value is -1.13. The fraction of sp³-hybridized carbons (Fsp3) is 0.357. The first kappa shape index (κ1) is 14.9. The highest BCUT2D eigenvalue weighted by Crippen LogP contribution is 2.25. The van der Waals surface area contributed by atoms with Gasteiger partial charge in [-0.3, -0.25) is 9.69 Å². The first-order chi connectivity index (χ1) is 8.58. The van der Waals surface area contributed by atoms with Crippen molar-refractivity contribution in [3.05, 3.63) is 47.0 Å². The number of rotatable bonds is 7. The standard InChI is InChI=1S/C14H18BrNO2/c1-3-9-16(10-14(17)18)13(4-2)11-5-7-12(15)8-6-11/h3,5-8,13H,1,4,9-10H2,2H3,(H,17,18). The van der Waals surface area contributed by atoms with Gasteiger partial charge in [0.15, 0.2) is 0 Å². The largest absolute Gasteiger partial charge is 0.480 e. The summed E-state index contributed by atoms with van der Waals surface area (Å²) in [6, 6.07) is 8.11. The lowest BCUT2D eigenvalue weighted by Gasteiger charge is -2.29.